The van der Waals surface area contributed by atoms with E-state index in [1.807, 2.05) is 7.05 Å². The molecule has 142 valence electrons. The summed E-state index contributed by atoms with van der Waals surface area (Å²) in [6.07, 6.45) is -0.868. The average molecular weight is 388 g/mol. The Bertz CT molecular complexity index is 768. The highest BCUT2D eigenvalue weighted by Gasteiger charge is 2.37. The Morgan fingerprint density at radius 2 is 1.81 bits per heavy atom. The Morgan fingerprint density at radius 1 is 1.19 bits per heavy atom. The molecule has 0 amide bonds. The molecule has 8 heteroatoms. The van der Waals surface area contributed by atoms with E-state index in [1.165, 1.54) is 13.5 Å². The van der Waals surface area contributed by atoms with Gasteiger partial charge in [-0.15, -0.1) is 0 Å². The van der Waals surface area contributed by atoms with E-state index in [1.54, 1.807) is 12.1 Å². The molecule has 0 bridgehead atoms. The maximum Gasteiger partial charge on any atom is 0.418 e. The second kappa shape index (κ2) is 8.03. The minimum absolute atomic E-state index is 0.00926. The fourth-order valence-electron chi connectivity index (χ4n) is 2.75. The van der Waals surface area contributed by atoms with Crippen molar-refractivity contribution >= 4 is 23.0 Å². The van der Waals surface area contributed by atoms with Crippen LogP contribution in [0.3, 0.4) is 0 Å². The van der Waals surface area contributed by atoms with Gasteiger partial charge in [0, 0.05) is 37.1 Å². The Balaban J connectivity index is 0.000000190. The van der Waals surface area contributed by atoms with Crippen molar-refractivity contribution in [2.75, 3.05) is 24.7 Å². The lowest BCUT2D eigenvalue weighted by Gasteiger charge is -2.11. The molecule has 3 N–H and O–H groups in total. The monoisotopic (exact) mass is 387 g/mol. The van der Waals surface area contributed by atoms with Gasteiger partial charge >= 0.3 is 6.18 Å². The summed E-state index contributed by atoms with van der Waals surface area (Å²) < 4.78 is 36.5. The van der Waals surface area contributed by atoms with Crippen LogP contribution >= 0.6 is 11.6 Å². The van der Waals surface area contributed by atoms with Crippen molar-refractivity contribution in [3.8, 4) is 5.75 Å². The molecule has 2 unspecified atom stereocenters. The number of nitrogens with zero attached hydrogens (tertiary/aromatic N) is 1. The van der Waals surface area contributed by atoms with E-state index in [0.717, 1.165) is 29.7 Å². The molecule has 0 aliphatic heterocycles. The number of halogens is 4. The van der Waals surface area contributed by atoms with Crippen molar-refractivity contribution in [1.29, 1.82) is 0 Å². The van der Waals surface area contributed by atoms with E-state index in [4.69, 9.17) is 11.6 Å². The number of phenolic OH excluding ortho intramolecular Hbond substituents is 1. The molecule has 1 aliphatic rings. The Labute approximate surface area is 155 Å². The number of pyridine rings is 1. The first-order chi connectivity index (χ1) is 12.2. The molecular weight excluding hydrogens is 367 g/mol. The highest BCUT2D eigenvalue weighted by Crippen LogP contribution is 2.52. The number of alkyl halides is 3. The molecule has 0 spiro atoms. The second-order valence-electron chi connectivity index (χ2n) is 6.13. The third-order valence-electron chi connectivity index (χ3n) is 4.26. The van der Waals surface area contributed by atoms with Gasteiger partial charge in [-0.25, -0.2) is 0 Å². The van der Waals surface area contributed by atoms with Gasteiger partial charge in [-0.2, -0.15) is 13.2 Å². The SMILES string of the molecule is CNc1cc(O)cc(Cl)c1C1CC1C.CNc1cnccc1C(F)(F)F. The maximum atomic E-state index is 12.2. The largest absolute Gasteiger partial charge is 0.508 e. The van der Waals surface area contributed by atoms with Gasteiger partial charge in [0.25, 0.3) is 0 Å². The molecular formula is C18H21ClF3N3O. The van der Waals surface area contributed by atoms with Crippen molar-refractivity contribution in [2.45, 2.75) is 25.4 Å². The molecule has 2 aromatic rings. The lowest BCUT2D eigenvalue weighted by Crippen LogP contribution is -2.08. The third kappa shape index (κ3) is 4.72. The van der Waals surface area contributed by atoms with Crippen LogP contribution < -0.4 is 10.6 Å². The van der Waals surface area contributed by atoms with Crippen LogP contribution in [0.5, 0.6) is 5.75 Å². The standard InChI is InChI=1S/C11H14ClNO.C7H7F3N2/c1-6-3-8(6)11-9(12)4-7(14)5-10(11)13-2;1-11-6-4-12-3-2-5(6)7(8,9)10/h4-6,8,13-14H,3H2,1-2H3;2-4,11H,1H3. The van der Waals surface area contributed by atoms with Crippen LogP contribution in [-0.4, -0.2) is 24.2 Å². The molecule has 1 aliphatic carbocycles. The zero-order valence-corrected chi connectivity index (χ0v) is 15.4. The van der Waals surface area contributed by atoms with Crippen LogP contribution in [0.2, 0.25) is 5.02 Å². The van der Waals surface area contributed by atoms with Crippen molar-refractivity contribution in [3.05, 3.63) is 46.7 Å². The molecule has 1 aromatic carbocycles. The summed E-state index contributed by atoms with van der Waals surface area (Å²) in [5.74, 6) is 1.49. The van der Waals surface area contributed by atoms with Crippen LogP contribution in [0.25, 0.3) is 0 Å². The zero-order chi connectivity index (χ0) is 19.5. The molecule has 0 saturated heterocycles. The van der Waals surface area contributed by atoms with Crippen molar-refractivity contribution < 1.29 is 18.3 Å². The quantitative estimate of drug-likeness (QED) is 0.664. The average Bonchev–Trinajstić information content (AvgIpc) is 3.29. The first kappa shape index (κ1) is 20.2. The van der Waals surface area contributed by atoms with Crippen LogP contribution in [0.1, 0.15) is 30.4 Å². The summed E-state index contributed by atoms with van der Waals surface area (Å²) in [5, 5.41) is 15.6. The van der Waals surface area contributed by atoms with Gasteiger partial charge < -0.3 is 15.7 Å². The number of aromatic hydroxyl groups is 1. The molecule has 1 fully saturated rings. The topological polar surface area (TPSA) is 57.2 Å². The molecule has 1 heterocycles. The molecule has 3 rings (SSSR count). The minimum Gasteiger partial charge on any atom is -0.508 e. The first-order valence-electron chi connectivity index (χ1n) is 8.08. The fraction of sp³-hybridized carbons (Fsp3) is 0.389. The number of aromatic nitrogens is 1. The van der Waals surface area contributed by atoms with Gasteiger partial charge in [0.05, 0.1) is 17.4 Å². The molecule has 26 heavy (non-hydrogen) atoms. The highest BCUT2D eigenvalue weighted by molar-refractivity contribution is 6.32. The lowest BCUT2D eigenvalue weighted by molar-refractivity contribution is -0.137. The predicted molar refractivity (Wildman–Crippen MR) is 98.0 cm³/mol. The second-order valence-corrected chi connectivity index (χ2v) is 6.53. The smallest absolute Gasteiger partial charge is 0.418 e. The molecule has 2 atom stereocenters. The van der Waals surface area contributed by atoms with E-state index in [9.17, 15) is 18.3 Å². The summed E-state index contributed by atoms with van der Waals surface area (Å²) >= 11 is 6.11. The van der Waals surface area contributed by atoms with E-state index < -0.39 is 11.7 Å². The van der Waals surface area contributed by atoms with E-state index in [-0.39, 0.29) is 11.4 Å². The number of nitrogens with one attached hydrogen (secondary N) is 2. The number of hydrogen-bond acceptors (Lipinski definition) is 4. The van der Waals surface area contributed by atoms with Gasteiger partial charge in [-0.05, 0) is 36.0 Å². The van der Waals surface area contributed by atoms with E-state index >= 15 is 0 Å². The van der Waals surface area contributed by atoms with Gasteiger partial charge in [0.15, 0.2) is 0 Å². The summed E-state index contributed by atoms with van der Waals surface area (Å²) in [6.45, 7) is 2.22. The first-order valence-corrected chi connectivity index (χ1v) is 8.46. The third-order valence-corrected chi connectivity index (χ3v) is 4.57. The van der Waals surface area contributed by atoms with Gasteiger partial charge in [0.1, 0.15) is 5.75 Å². The molecule has 4 nitrogen and oxygen atoms in total. The fourth-order valence-corrected chi connectivity index (χ4v) is 3.11. The summed E-state index contributed by atoms with van der Waals surface area (Å²) in [6, 6.07) is 4.28. The van der Waals surface area contributed by atoms with Crippen LogP contribution in [0.15, 0.2) is 30.6 Å². The highest BCUT2D eigenvalue weighted by atomic mass is 35.5. The van der Waals surface area contributed by atoms with Gasteiger partial charge in [-0.1, -0.05) is 18.5 Å². The summed E-state index contributed by atoms with van der Waals surface area (Å²) in [4.78, 5) is 3.57. The number of benzene rings is 1. The normalized spacial score (nSPS) is 18.6. The van der Waals surface area contributed by atoms with Crippen LogP contribution in [-0.2, 0) is 6.18 Å². The zero-order valence-electron chi connectivity index (χ0n) is 14.7. The van der Waals surface area contributed by atoms with Gasteiger partial charge in [0.2, 0.25) is 0 Å². The van der Waals surface area contributed by atoms with Crippen LogP contribution in [0, 0.1) is 5.92 Å². The molecule has 1 saturated carbocycles. The van der Waals surface area contributed by atoms with E-state index in [0.29, 0.717) is 16.9 Å². The lowest BCUT2D eigenvalue weighted by atomic mass is 10.1. The van der Waals surface area contributed by atoms with Crippen molar-refractivity contribution in [1.82, 2.24) is 4.98 Å². The minimum atomic E-state index is -4.32. The number of hydrogen-bond donors (Lipinski definition) is 3. The van der Waals surface area contributed by atoms with Crippen LogP contribution in [0.4, 0.5) is 24.5 Å². The Morgan fingerprint density at radius 3 is 2.27 bits per heavy atom. The maximum absolute atomic E-state index is 12.2. The number of anilines is 2. The summed E-state index contributed by atoms with van der Waals surface area (Å²) in [5.41, 5.74) is 1.40. The Hall–Kier alpha value is -2.15. The number of phenols is 1. The molecule has 0 radical (unpaired) electrons. The van der Waals surface area contributed by atoms with Crippen molar-refractivity contribution in [2.24, 2.45) is 5.92 Å². The number of rotatable bonds is 3. The summed E-state index contributed by atoms with van der Waals surface area (Å²) in [7, 11) is 3.27. The molecule has 1 aromatic heterocycles. The predicted octanol–water partition coefficient (Wildman–Crippen LogP) is 5.35. The van der Waals surface area contributed by atoms with Crippen molar-refractivity contribution in [3.63, 3.8) is 0 Å². The van der Waals surface area contributed by atoms with E-state index in [2.05, 4.69) is 22.5 Å². The Kier molecular flexibility index (Phi) is 6.23. The van der Waals surface area contributed by atoms with Gasteiger partial charge in [-0.3, -0.25) is 4.98 Å².